The van der Waals surface area contributed by atoms with E-state index in [0.29, 0.717) is 30.8 Å². The molecule has 2 aromatic heterocycles. The van der Waals surface area contributed by atoms with E-state index >= 15 is 0 Å². The first-order chi connectivity index (χ1) is 11.4. The highest BCUT2D eigenvalue weighted by Crippen LogP contribution is 2.35. The number of carbonyl (C=O) groups excluding carboxylic acids is 1. The van der Waals surface area contributed by atoms with Crippen LogP contribution in [0.5, 0.6) is 5.88 Å². The summed E-state index contributed by atoms with van der Waals surface area (Å²) in [5, 5.41) is 0.739. The molecule has 3 rings (SSSR count). The van der Waals surface area contributed by atoms with Crippen LogP contribution in [-0.4, -0.2) is 32.8 Å². The Bertz CT molecular complexity index is 760. The lowest BCUT2D eigenvalue weighted by Crippen LogP contribution is -2.31. The van der Waals surface area contributed by atoms with Gasteiger partial charge in [-0.1, -0.05) is 6.08 Å². The molecule has 1 N–H and O–H groups in total. The molecule has 7 heteroatoms. The van der Waals surface area contributed by atoms with Crippen LogP contribution in [-0.2, 0) is 11.2 Å². The molecule has 0 atom stereocenters. The quantitative estimate of drug-likeness (QED) is 0.848. The van der Waals surface area contributed by atoms with Crippen molar-refractivity contribution in [1.29, 1.82) is 0 Å². The summed E-state index contributed by atoms with van der Waals surface area (Å²) >= 11 is 0. The Labute approximate surface area is 138 Å². The second kappa shape index (κ2) is 6.67. The molecule has 0 radical (unpaired) electrons. The first kappa shape index (κ1) is 16.5. The van der Waals surface area contributed by atoms with Gasteiger partial charge >= 0.3 is 0 Å². The van der Waals surface area contributed by atoms with Gasteiger partial charge in [0.15, 0.2) is 5.78 Å². The molecule has 2 aromatic rings. The van der Waals surface area contributed by atoms with Gasteiger partial charge in [-0.05, 0) is 37.8 Å². The Balaban J connectivity index is 1.80. The maximum absolute atomic E-state index is 13.3. The molecule has 24 heavy (non-hydrogen) atoms. The molecule has 2 heterocycles. The summed E-state index contributed by atoms with van der Waals surface area (Å²) in [5.41, 5.74) is 1.53. The van der Waals surface area contributed by atoms with Crippen molar-refractivity contribution in [3.63, 3.8) is 0 Å². The number of allylic oxidation sites excluding steroid dienone is 2. The van der Waals surface area contributed by atoms with Gasteiger partial charge in [0.25, 0.3) is 0 Å². The molecule has 5 nitrogen and oxygen atoms in total. The zero-order valence-corrected chi connectivity index (χ0v) is 13.4. The third kappa shape index (κ3) is 3.77. The normalized spacial score (nSPS) is 18.3. The summed E-state index contributed by atoms with van der Waals surface area (Å²) in [5.74, 6) is -2.20. The molecule has 1 aliphatic carbocycles. The number of rotatable bonds is 5. The average molecular weight is 335 g/mol. The van der Waals surface area contributed by atoms with E-state index < -0.39 is 5.92 Å². The van der Waals surface area contributed by atoms with Gasteiger partial charge in [0.1, 0.15) is 18.1 Å². The Morgan fingerprint density at radius 1 is 1.42 bits per heavy atom. The predicted octanol–water partition coefficient (Wildman–Crippen LogP) is 3.60. The minimum atomic E-state index is -2.59. The fourth-order valence-electron chi connectivity index (χ4n) is 2.89. The molecule has 1 saturated carbocycles. The highest BCUT2D eigenvalue weighted by atomic mass is 19.3. The van der Waals surface area contributed by atoms with Gasteiger partial charge in [-0.25, -0.2) is 18.7 Å². The number of ketones is 1. The number of ether oxygens (including phenoxy) is 1. The van der Waals surface area contributed by atoms with E-state index in [2.05, 4.69) is 15.0 Å². The summed E-state index contributed by atoms with van der Waals surface area (Å²) in [7, 11) is 0. The maximum Gasteiger partial charge on any atom is 0.248 e. The molecule has 0 aromatic carbocycles. The van der Waals surface area contributed by atoms with Crippen LogP contribution < -0.4 is 4.74 Å². The van der Waals surface area contributed by atoms with Crippen molar-refractivity contribution in [2.45, 2.75) is 51.1 Å². The predicted molar refractivity (Wildman–Crippen MR) is 85.2 cm³/mol. The smallest absolute Gasteiger partial charge is 0.248 e. The minimum absolute atomic E-state index is 0.0225. The molecule has 0 bridgehead atoms. The summed E-state index contributed by atoms with van der Waals surface area (Å²) in [6, 6.07) is 0. The number of halogens is 2. The van der Waals surface area contributed by atoms with Gasteiger partial charge in [-0.3, -0.25) is 4.79 Å². The fraction of sp³-hybridized carbons (Fsp3) is 0.471. The molecule has 1 aliphatic rings. The van der Waals surface area contributed by atoms with Crippen LogP contribution in [0.3, 0.4) is 0 Å². The Kier molecular flexibility index (Phi) is 4.59. The van der Waals surface area contributed by atoms with Gasteiger partial charge < -0.3 is 9.72 Å². The molecule has 0 spiro atoms. The number of aromatic amines is 1. The van der Waals surface area contributed by atoms with Crippen molar-refractivity contribution in [2.75, 3.05) is 0 Å². The van der Waals surface area contributed by atoms with E-state index in [1.807, 2.05) is 0 Å². The summed E-state index contributed by atoms with van der Waals surface area (Å²) in [4.78, 5) is 22.4. The lowest BCUT2D eigenvalue weighted by atomic mass is 9.94. The molecular formula is C17H19F2N3O2. The second-order valence-electron chi connectivity index (χ2n) is 6.11. The van der Waals surface area contributed by atoms with Gasteiger partial charge in [-0.2, -0.15) is 0 Å². The number of hydrogen-bond donors (Lipinski definition) is 1. The lowest BCUT2D eigenvalue weighted by Gasteiger charge is -2.28. The highest BCUT2D eigenvalue weighted by Gasteiger charge is 2.36. The van der Waals surface area contributed by atoms with Crippen molar-refractivity contribution >= 4 is 16.8 Å². The summed E-state index contributed by atoms with van der Waals surface area (Å²) in [6.45, 7) is 1.49. The number of nitrogens with zero attached hydrogens (tertiary/aromatic N) is 2. The van der Waals surface area contributed by atoms with Crippen molar-refractivity contribution in [2.24, 2.45) is 0 Å². The number of alkyl halides is 2. The third-order valence-electron chi connectivity index (χ3n) is 4.15. The van der Waals surface area contributed by atoms with Crippen LogP contribution in [0.2, 0.25) is 0 Å². The number of nitrogens with one attached hydrogen (secondary N) is 1. The topological polar surface area (TPSA) is 67.9 Å². The largest absolute Gasteiger partial charge is 0.474 e. The fourth-order valence-corrected chi connectivity index (χ4v) is 2.89. The van der Waals surface area contributed by atoms with Crippen LogP contribution in [0, 0.1) is 0 Å². The van der Waals surface area contributed by atoms with Gasteiger partial charge in [-0.15, -0.1) is 0 Å². The zero-order chi connectivity index (χ0) is 17.2. The van der Waals surface area contributed by atoms with Crippen LogP contribution >= 0.6 is 0 Å². The molecule has 0 aliphatic heterocycles. The number of hydrogen-bond acceptors (Lipinski definition) is 4. The SMILES string of the molecule is CC(=O)/C=C/Cc1c[nH]c2ncnc(OC3CCC(F)(F)CC3)c12. The second-order valence-corrected chi connectivity index (χ2v) is 6.11. The first-order valence-corrected chi connectivity index (χ1v) is 7.97. The summed E-state index contributed by atoms with van der Waals surface area (Å²) < 4.78 is 32.4. The number of H-pyrrole nitrogens is 1. The van der Waals surface area contributed by atoms with Crippen LogP contribution in [0.25, 0.3) is 11.0 Å². The van der Waals surface area contributed by atoms with Crippen molar-refractivity contribution in [3.05, 3.63) is 30.2 Å². The number of fused-ring (bicyclic) bond motifs is 1. The molecule has 128 valence electrons. The van der Waals surface area contributed by atoms with E-state index in [1.165, 1.54) is 19.3 Å². The zero-order valence-electron chi connectivity index (χ0n) is 13.4. The molecule has 0 unspecified atom stereocenters. The Hall–Kier alpha value is -2.31. The highest BCUT2D eigenvalue weighted by molar-refractivity contribution is 5.88. The number of carbonyl (C=O) groups is 1. The summed E-state index contributed by atoms with van der Waals surface area (Å²) in [6.07, 6.45) is 7.03. The van der Waals surface area contributed by atoms with Crippen molar-refractivity contribution in [3.8, 4) is 5.88 Å². The van der Waals surface area contributed by atoms with E-state index in [9.17, 15) is 13.6 Å². The minimum Gasteiger partial charge on any atom is -0.474 e. The van der Waals surface area contributed by atoms with Crippen molar-refractivity contribution in [1.82, 2.24) is 15.0 Å². The van der Waals surface area contributed by atoms with E-state index in [1.54, 1.807) is 12.3 Å². The Morgan fingerprint density at radius 3 is 2.88 bits per heavy atom. The molecular weight excluding hydrogens is 316 g/mol. The van der Waals surface area contributed by atoms with Crippen molar-refractivity contribution < 1.29 is 18.3 Å². The van der Waals surface area contributed by atoms with E-state index in [-0.39, 0.29) is 24.7 Å². The monoisotopic (exact) mass is 335 g/mol. The number of aromatic nitrogens is 3. The average Bonchev–Trinajstić information content (AvgIpc) is 2.93. The van der Waals surface area contributed by atoms with Gasteiger partial charge in [0.05, 0.1) is 5.39 Å². The van der Waals surface area contributed by atoms with Gasteiger partial charge in [0, 0.05) is 19.0 Å². The first-order valence-electron chi connectivity index (χ1n) is 7.97. The third-order valence-corrected chi connectivity index (χ3v) is 4.15. The molecule has 0 saturated heterocycles. The van der Waals surface area contributed by atoms with Crippen LogP contribution in [0.1, 0.15) is 38.2 Å². The molecule has 1 fully saturated rings. The van der Waals surface area contributed by atoms with E-state index in [0.717, 1.165) is 10.9 Å². The van der Waals surface area contributed by atoms with Gasteiger partial charge in [0.2, 0.25) is 11.8 Å². The lowest BCUT2D eigenvalue weighted by molar-refractivity contribution is -0.112. The van der Waals surface area contributed by atoms with E-state index in [4.69, 9.17) is 4.74 Å². The maximum atomic E-state index is 13.3. The van der Waals surface area contributed by atoms with Crippen LogP contribution in [0.4, 0.5) is 8.78 Å². The Morgan fingerprint density at radius 2 is 2.17 bits per heavy atom. The standard InChI is InChI=1S/C17H19F2N3O2/c1-11(23)3-2-4-12-9-20-15-14(12)16(22-10-21-15)24-13-5-7-17(18,19)8-6-13/h2-3,9-10,13H,4-8H2,1H3,(H,20,21,22)/b3-2+. The molecule has 0 amide bonds. The van der Waals surface area contributed by atoms with Crippen LogP contribution in [0.15, 0.2) is 24.7 Å².